The van der Waals surface area contributed by atoms with Gasteiger partial charge in [-0.05, 0) is 44.1 Å². The first-order chi connectivity index (χ1) is 11.6. The Labute approximate surface area is 170 Å². The zero-order valence-corrected chi connectivity index (χ0v) is 17.8. The highest BCUT2D eigenvalue weighted by Crippen LogP contribution is 2.22. The molecule has 0 saturated carbocycles. The normalized spacial score (nSPS) is 13.5. The average Bonchev–Trinajstić information content (AvgIpc) is 2.48. The van der Waals surface area contributed by atoms with E-state index in [1.807, 2.05) is 14.1 Å². The number of ether oxygens (including phenoxy) is 1. The highest BCUT2D eigenvalue weighted by atomic mass is 127. The lowest BCUT2D eigenvalue weighted by Crippen LogP contribution is -2.43. The highest BCUT2D eigenvalue weighted by Gasteiger charge is 2.30. The maximum Gasteiger partial charge on any atom is 0.573 e. The Morgan fingerprint density at radius 3 is 2.27 bits per heavy atom. The van der Waals surface area contributed by atoms with Gasteiger partial charge in [0.15, 0.2) is 5.96 Å². The molecule has 0 saturated heterocycles. The number of halogens is 4. The van der Waals surface area contributed by atoms with Crippen LogP contribution in [0.1, 0.15) is 25.8 Å². The molecule has 26 heavy (non-hydrogen) atoms. The van der Waals surface area contributed by atoms with Crippen molar-refractivity contribution in [2.45, 2.75) is 39.2 Å². The predicted molar refractivity (Wildman–Crippen MR) is 109 cm³/mol. The Hall–Kier alpha value is -1.23. The second-order valence-electron chi connectivity index (χ2n) is 6.52. The van der Waals surface area contributed by atoms with Gasteiger partial charge in [-0.3, -0.25) is 0 Å². The number of rotatable bonds is 8. The molecule has 0 aromatic heterocycles. The number of benzene rings is 1. The van der Waals surface area contributed by atoms with E-state index in [4.69, 9.17) is 5.73 Å². The minimum atomic E-state index is -4.69. The van der Waals surface area contributed by atoms with Crippen LogP contribution in [0.15, 0.2) is 29.3 Å². The van der Waals surface area contributed by atoms with Crippen molar-refractivity contribution in [3.8, 4) is 5.75 Å². The van der Waals surface area contributed by atoms with Crippen LogP contribution in [0.2, 0.25) is 0 Å². The van der Waals surface area contributed by atoms with Crippen LogP contribution in [-0.4, -0.2) is 43.9 Å². The van der Waals surface area contributed by atoms with Crippen molar-refractivity contribution in [1.82, 2.24) is 10.2 Å². The summed E-state index contributed by atoms with van der Waals surface area (Å²) >= 11 is 0. The number of nitrogens with two attached hydrogens (primary N) is 1. The van der Waals surface area contributed by atoms with Crippen molar-refractivity contribution in [3.63, 3.8) is 0 Å². The molecular weight excluding hydrogens is 460 g/mol. The molecule has 0 amide bonds. The van der Waals surface area contributed by atoms with Crippen LogP contribution in [0.5, 0.6) is 5.75 Å². The number of hydrogen-bond donors (Lipinski definition) is 2. The topological polar surface area (TPSA) is 62.9 Å². The molecule has 5 nitrogen and oxygen atoms in total. The monoisotopic (exact) mass is 488 g/mol. The van der Waals surface area contributed by atoms with Gasteiger partial charge in [0.25, 0.3) is 0 Å². The van der Waals surface area contributed by atoms with E-state index in [2.05, 4.69) is 33.8 Å². The Morgan fingerprint density at radius 1 is 1.23 bits per heavy atom. The fourth-order valence-electron chi connectivity index (χ4n) is 2.27. The predicted octanol–water partition coefficient (Wildman–Crippen LogP) is 3.58. The molecule has 150 valence electrons. The number of nitrogens with one attached hydrogen (secondary N) is 1. The third-order valence-electron chi connectivity index (χ3n) is 3.58. The number of guanidine groups is 1. The number of nitrogens with zero attached hydrogens (tertiary/aromatic N) is 2. The van der Waals surface area contributed by atoms with Gasteiger partial charge in [-0.25, -0.2) is 4.99 Å². The number of hydrogen-bond acceptors (Lipinski definition) is 3. The molecule has 1 atom stereocenters. The van der Waals surface area contributed by atoms with Crippen molar-refractivity contribution in [3.05, 3.63) is 29.8 Å². The van der Waals surface area contributed by atoms with Gasteiger partial charge in [-0.15, -0.1) is 37.1 Å². The van der Waals surface area contributed by atoms with Gasteiger partial charge in [-0.1, -0.05) is 26.0 Å². The minimum Gasteiger partial charge on any atom is -0.406 e. The number of likely N-dealkylation sites (N-methyl/N-ethyl adjacent to an activating group) is 1. The van der Waals surface area contributed by atoms with Crippen LogP contribution in [0.4, 0.5) is 13.2 Å². The standard InChI is InChI=1S/C17H27F3N4O.HI/c1-12(2)9-14(24(3)4)11-23-16(21)22-10-13-5-7-15(8-6-13)25-17(18,19)20;/h5-8,12,14H,9-11H2,1-4H3,(H3,21,22,23);1H. The first kappa shape index (κ1) is 24.8. The van der Waals surface area contributed by atoms with E-state index in [0.717, 1.165) is 12.0 Å². The summed E-state index contributed by atoms with van der Waals surface area (Å²) in [6.07, 6.45) is -3.65. The van der Waals surface area contributed by atoms with Crippen molar-refractivity contribution < 1.29 is 17.9 Å². The maximum absolute atomic E-state index is 12.1. The molecule has 0 aliphatic rings. The van der Waals surface area contributed by atoms with E-state index >= 15 is 0 Å². The van der Waals surface area contributed by atoms with E-state index in [0.29, 0.717) is 24.5 Å². The first-order valence-corrected chi connectivity index (χ1v) is 8.11. The molecule has 1 rings (SSSR count). The van der Waals surface area contributed by atoms with Crippen LogP contribution in [0.25, 0.3) is 0 Å². The summed E-state index contributed by atoms with van der Waals surface area (Å²) in [5, 5.41) is 3.09. The molecule has 0 fully saturated rings. The van der Waals surface area contributed by atoms with Crippen molar-refractivity contribution >= 4 is 29.9 Å². The van der Waals surface area contributed by atoms with E-state index in [1.54, 1.807) is 0 Å². The molecule has 0 aliphatic heterocycles. The summed E-state index contributed by atoms with van der Waals surface area (Å²) < 4.78 is 40.2. The molecule has 0 aliphatic carbocycles. The van der Waals surface area contributed by atoms with Crippen LogP contribution < -0.4 is 15.8 Å². The van der Waals surface area contributed by atoms with Crippen LogP contribution >= 0.6 is 24.0 Å². The lowest BCUT2D eigenvalue weighted by atomic mass is 10.0. The number of aliphatic imine (C=N–C) groups is 1. The van der Waals surface area contributed by atoms with E-state index in [-0.39, 0.29) is 36.3 Å². The van der Waals surface area contributed by atoms with Crippen LogP contribution in [0.3, 0.4) is 0 Å². The second-order valence-corrected chi connectivity index (χ2v) is 6.52. The average molecular weight is 488 g/mol. The highest BCUT2D eigenvalue weighted by molar-refractivity contribution is 14.0. The zero-order chi connectivity index (χ0) is 19.0. The summed E-state index contributed by atoms with van der Waals surface area (Å²) in [5.74, 6) is 0.629. The van der Waals surface area contributed by atoms with E-state index in [1.165, 1.54) is 24.3 Å². The molecule has 0 bridgehead atoms. The maximum atomic E-state index is 12.1. The van der Waals surface area contributed by atoms with Gasteiger partial charge >= 0.3 is 6.36 Å². The summed E-state index contributed by atoms with van der Waals surface area (Å²) in [4.78, 5) is 6.35. The first-order valence-electron chi connectivity index (χ1n) is 8.11. The second kappa shape index (κ2) is 11.5. The minimum absolute atomic E-state index is 0. The summed E-state index contributed by atoms with van der Waals surface area (Å²) in [6.45, 7) is 5.29. The van der Waals surface area contributed by atoms with Crippen molar-refractivity contribution in [2.24, 2.45) is 16.6 Å². The van der Waals surface area contributed by atoms with Crippen LogP contribution in [0, 0.1) is 5.92 Å². The molecule has 0 radical (unpaired) electrons. The van der Waals surface area contributed by atoms with Crippen molar-refractivity contribution in [2.75, 3.05) is 20.6 Å². The molecule has 1 aromatic carbocycles. The molecule has 9 heteroatoms. The summed E-state index contributed by atoms with van der Waals surface area (Å²) in [5.41, 5.74) is 6.60. The van der Waals surface area contributed by atoms with E-state index < -0.39 is 6.36 Å². The Balaban J connectivity index is 0.00000625. The van der Waals surface area contributed by atoms with E-state index in [9.17, 15) is 13.2 Å². The fourth-order valence-corrected chi connectivity index (χ4v) is 2.27. The number of alkyl halides is 3. The Morgan fingerprint density at radius 2 is 1.81 bits per heavy atom. The SMILES string of the molecule is CC(C)CC(CNC(N)=NCc1ccc(OC(F)(F)F)cc1)N(C)C.I. The Bertz CT molecular complexity index is 548. The van der Waals surface area contributed by atoms with Gasteiger partial charge in [0.2, 0.25) is 0 Å². The lowest BCUT2D eigenvalue weighted by molar-refractivity contribution is -0.274. The van der Waals surface area contributed by atoms with Crippen LogP contribution in [-0.2, 0) is 6.54 Å². The molecule has 3 N–H and O–H groups in total. The third-order valence-corrected chi connectivity index (χ3v) is 3.58. The third kappa shape index (κ3) is 10.7. The molecule has 0 heterocycles. The van der Waals surface area contributed by atoms with Crippen molar-refractivity contribution in [1.29, 1.82) is 0 Å². The lowest BCUT2D eigenvalue weighted by Gasteiger charge is -2.26. The molecule has 1 aromatic rings. The van der Waals surface area contributed by atoms with Gasteiger partial charge in [0.1, 0.15) is 5.75 Å². The van der Waals surface area contributed by atoms with Gasteiger partial charge in [0, 0.05) is 12.6 Å². The quantitative estimate of drug-likeness (QED) is 0.334. The van der Waals surface area contributed by atoms with Gasteiger partial charge in [-0.2, -0.15) is 0 Å². The van der Waals surface area contributed by atoms with Gasteiger partial charge in [0.05, 0.1) is 6.54 Å². The van der Waals surface area contributed by atoms with Gasteiger partial charge < -0.3 is 20.7 Å². The zero-order valence-electron chi connectivity index (χ0n) is 15.5. The Kier molecular flexibility index (Phi) is 10.9. The fraction of sp³-hybridized carbons (Fsp3) is 0.588. The summed E-state index contributed by atoms with van der Waals surface area (Å²) in [7, 11) is 4.04. The molecule has 1 unspecified atom stereocenters. The molecular formula is C17H28F3IN4O. The summed E-state index contributed by atoms with van der Waals surface area (Å²) in [6, 6.07) is 5.91. The largest absolute Gasteiger partial charge is 0.573 e. The smallest absolute Gasteiger partial charge is 0.406 e. The molecule has 0 spiro atoms.